The van der Waals surface area contributed by atoms with Crippen LogP contribution in [0.2, 0.25) is 0 Å². The van der Waals surface area contributed by atoms with Crippen LogP contribution >= 0.6 is 0 Å². The zero-order valence-corrected chi connectivity index (χ0v) is 14.8. The van der Waals surface area contributed by atoms with Gasteiger partial charge >= 0.3 is 0 Å². The maximum absolute atomic E-state index is 12.5. The van der Waals surface area contributed by atoms with Gasteiger partial charge in [0, 0.05) is 39.1 Å². The fourth-order valence-electron chi connectivity index (χ4n) is 2.97. The molecule has 2 amide bonds. The normalized spacial score (nSPS) is 16.7. The van der Waals surface area contributed by atoms with E-state index in [-0.39, 0.29) is 17.7 Å². The zero-order valence-electron chi connectivity index (χ0n) is 14.8. The van der Waals surface area contributed by atoms with Crippen molar-refractivity contribution in [2.45, 2.75) is 32.6 Å². The van der Waals surface area contributed by atoms with Crippen LogP contribution in [0.3, 0.4) is 0 Å². The molecule has 0 radical (unpaired) electrons. The van der Waals surface area contributed by atoms with Crippen molar-refractivity contribution in [2.24, 2.45) is 0 Å². The molecular formula is C19H29N3O2. The lowest BCUT2D eigenvalue weighted by Crippen LogP contribution is -2.51. The fraction of sp³-hybridized carbons (Fsp3) is 0.579. The molecule has 1 saturated heterocycles. The molecule has 1 aliphatic rings. The zero-order chi connectivity index (χ0) is 17.4. The molecule has 24 heavy (non-hydrogen) atoms. The van der Waals surface area contributed by atoms with Gasteiger partial charge in [-0.3, -0.25) is 14.5 Å². The summed E-state index contributed by atoms with van der Waals surface area (Å²) in [6, 6.07) is 10.2. The average Bonchev–Trinajstić information content (AvgIpc) is 2.61. The van der Waals surface area contributed by atoms with E-state index in [1.807, 2.05) is 30.0 Å². The number of rotatable bonds is 7. The van der Waals surface area contributed by atoms with Gasteiger partial charge in [0.1, 0.15) is 0 Å². The van der Waals surface area contributed by atoms with Gasteiger partial charge in [-0.05, 0) is 17.9 Å². The highest BCUT2D eigenvalue weighted by Gasteiger charge is 2.23. The molecule has 5 nitrogen and oxygen atoms in total. The summed E-state index contributed by atoms with van der Waals surface area (Å²) in [5.41, 5.74) is 1.21. The summed E-state index contributed by atoms with van der Waals surface area (Å²) in [5.74, 6) is 0.521. The molecule has 0 aliphatic carbocycles. The van der Waals surface area contributed by atoms with Gasteiger partial charge in [0.15, 0.2) is 0 Å². The Morgan fingerprint density at radius 2 is 1.79 bits per heavy atom. The summed E-state index contributed by atoms with van der Waals surface area (Å²) in [4.78, 5) is 28.3. The third-order valence-corrected chi connectivity index (χ3v) is 4.51. The molecule has 1 fully saturated rings. The standard InChI is InChI=1S/C19H29N3O2/c1-3-9-20-18(23)15-21-10-12-22(13-11-21)19(24)14-16(2)17-7-5-4-6-8-17/h4-8,16H,3,9-15H2,1-2H3,(H,20,23). The largest absolute Gasteiger partial charge is 0.355 e. The Kier molecular flexibility index (Phi) is 7.25. The first-order valence-corrected chi connectivity index (χ1v) is 8.92. The molecule has 5 heteroatoms. The summed E-state index contributed by atoms with van der Waals surface area (Å²) in [5, 5.41) is 2.90. The van der Waals surface area contributed by atoms with E-state index in [0.29, 0.717) is 26.1 Å². The van der Waals surface area contributed by atoms with Crippen LogP contribution in [0.4, 0.5) is 0 Å². The maximum Gasteiger partial charge on any atom is 0.234 e. The van der Waals surface area contributed by atoms with Crippen LogP contribution in [0.5, 0.6) is 0 Å². The van der Waals surface area contributed by atoms with E-state index in [4.69, 9.17) is 0 Å². The minimum atomic E-state index is 0.0781. The quantitative estimate of drug-likeness (QED) is 0.830. The molecule has 1 aliphatic heterocycles. The number of carbonyl (C=O) groups excluding carboxylic acids is 2. The monoisotopic (exact) mass is 331 g/mol. The van der Waals surface area contributed by atoms with Gasteiger partial charge in [0.25, 0.3) is 0 Å². The van der Waals surface area contributed by atoms with Crippen LogP contribution in [0, 0.1) is 0 Å². The van der Waals surface area contributed by atoms with E-state index in [2.05, 4.69) is 29.3 Å². The highest BCUT2D eigenvalue weighted by molar-refractivity contribution is 5.78. The topological polar surface area (TPSA) is 52.7 Å². The van der Waals surface area contributed by atoms with Crippen LogP contribution in [-0.2, 0) is 9.59 Å². The van der Waals surface area contributed by atoms with Crippen LogP contribution in [-0.4, -0.2) is 60.9 Å². The summed E-state index contributed by atoms with van der Waals surface area (Å²) in [6.45, 7) is 8.26. The van der Waals surface area contributed by atoms with Crippen molar-refractivity contribution in [1.29, 1.82) is 0 Å². The van der Waals surface area contributed by atoms with E-state index in [1.165, 1.54) is 5.56 Å². The second kappa shape index (κ2) is 9.42. The number of hydrogen-bond donors (Lipinski definition) is 1. The van der Waals surface area contributed by atoms with E-state index in [0.717, 1.165) is 26.1 Å². The molecule has 0 spiro atoms. The van der Waals surface area contributed by atoms with E-state index in [1.54, 1.807) is 0 Å². The highest BCUT2D eigenvalue weighted by atomic mass is 16.2. The second-order valence-corrected chi connectivity index (χ2v) is 6.52. The van der Waals surface area contributed by atoms with E-state index >= 15 is 0 Å². The summed E-state index contributed by atoms with van der Waals surface area (Å²) in [6.07, 6.45) is 1.49. The summed E-state index contributed by atoms with van der Waals surface area (Å²) in [7, 11) is 0. The van der Waals surface area contributed by atoms with Crippen molar-refractivity contribution >= 4 is 11.8 Å². The minimum Gasteiger partial charge on any atom is -0.355 e. The number of benzene rings is 1. The first-order chi connectivity index (χ1) is 11.6. The van der Waals surface area contributed by atoms with Gasteiger partial charge in [0.2, 0.25) is 11.8 Å². The van der Waals surface area contributed by atoms with E-state index in [9.17, 15) is 9.59 Å². The maximum atomic E-state index is 12.5. The van der Waals surface area contributed by atoms with Crippen molar-refractivity contribution in [3.05, 3.63) is 35.9 Å². The summed E-state index contributed by atoms with van der Waals surface area (Å²) < 4.78 is 0. The Balaban J connectivity index is 1.73. The van der Waals surface area contributed by atoms with Crippen molar-refractivity contribution in [3.8, 4) is 0 Å². The Morgan fingerprint density at radius 3 is 2.42 bits per heavy atom. The van der Waals surface area contributed by atoms with Crippen molar-refractivity contribution in [3.63, 3.8) is 0 Å². The molecule has 1 aromatic rings. The second-order valence-electron chi connectivity index (χ2n) is 6.52. The molecule has 1 atom stereocenters. The van der Waals surface area contributed by atoms with Crippen LogP contribution in [0.1, 0.15) is 38.2 Å². The predicted octanol–water partition coefficient (Wildman–Crippen LogP) is 1.85. The molecule has 1 heterocycles. The number of nitrogens with zero attached hydrogens (tertiary/aromatic N) is 2. The minimum absolute atomic E-state index is 0.0781. The van der Waals surface area contributed by atoms with Crippen LogP contribution in [0.15, 0.2) is 30.3 Å². The number of nitrogens with one attached hydrogen (secondary N) is 1. The molecule has 1 aromatic carbocycles. The van der Waals surface area contributed by atoms with E-state index < -0.39 is 0 Å². The van der Waals surface area contributed by atoms with Crippen LogP contribution < -0.4 is 5.32 Å². The summed E-state index contributed by atoms with van der Waals surface area (Å²) >= 11 is 0. The molecule has 0 saturated carbocycles. The van der Waals surface area contributed by atoms with Gasteiger partial charge in [-0.1, -0.05) is 44.2 Å². The lowest BCUT2D eigenvalue weighted by atomic mass is 9.97. The van der Waals surface area contributed by atoms with Gasteiger partial charge in [-0.2, -0.15) is 0 Å². The first kappa shape index (κ1) is 18.5. The van der Waals surface area contributed by atoms with Gasteiger partial charge in [-0.15, -0.1) is 0 Å². The number of hydrogen-bond acceptors (Lipinski definition) is 3. The molecule has 1 N–H and O–H groups in total. The predicted molar refractivity (Wildman–Crippen MR) is 95.8 cm³/mol. The first-order valence-electron chi connectivity index (χ1n) is 8.92. The fourth-order valence-corrected chi connectivity index (χ4v) is 2.97. The molecular weight excluding hydrogens is 302 g/mol. The molecule has 0 bridgehead atoms. The lowest BCUT2D eigenvalue weighted by Gasteiger charge is -2.34. The van der Waals surface area contributed by atoms with Crippen molar-refractivity contribution in [1.82, 2.24) is 15.1 Å². The number of piperazine rings is 1. The molecule has 0 aromatic heterocycles. The Labute approximate surface area is 145 Å². The number of carbonyl (C=O) groups is 2. The third kappa shape index (κ3) is 5.64. The smallest absolute Gasteiger partial charge is 0.234 e. The van der Waals surface area contributed by atoms with Crippen LogP contribution in [0.25, 0.3) is 0 Å². The molecule has 2 rings (SSSR count). The van der Waals surface area contributed by atoms with Gasteiger partial charge in [-0.25, -0.2) is 0 Å². The molecule has 1 unspecified atom stereocenters. The average molecular weight is 331 g/mol. The Bertz CT molecular complexity index is 525. The molecule has 132 valence electrons. The van der Waals surface area contributed by atoms with Gasteiger partial charge in [0.05, 0.1) is 6.54 Å². The number of amides is 2. The highest BCUT2D eigenvalue weighted by Crippen LogP contribution is 2.20. The van der Waals surface area contributed by atoms with Gasteiger partial charge < -0.3 is 10.2 Å². The third-order valence-electron chi connectivity index (χ3n) is 4.51. The van der Waals surface area contributed by atoms with Crippen molar-refractivity contribution in [2.75, 3.05) is 39.3 Å². The van der Waals surface area contributed by atoms with Crippen molar-refractivity contribution < 1.29 is 9.59 Å². The Morgan fingerprint density at radius 1 is 1.12 bits per heavy atom. The SMILES string of the molecule is CCCNC(=O)CN1CCN(C(=O)CC(C)c2ccccc2)CC1. The lowest BCUT2D eigenvalue weighted by molar-refractivity contribution is -0.133. The Hall–Kier alpha value is -1.88.